The van der Waals surface area contributed by atoms with Crippen molar-refractivity contribution in [1.29, 1.82) is 0 Å². The quantitative estimate of drug-likeness (QED) is 0.678. The Kier molecular flexibility index (Phi) is 4.37. The molecule has 6 heteroatoms. The van der Waals surface area contributed by atoms with Crippen LogP contribution in [0.1, 0.15) is 29.4 Å². The number of hydrogen-bond donors (Lipinski definition) is 1. The average Bonchev–Trinajstić information content (AvgIpc) is 2.71. The number of aryl methyl sites for hydroxylation is 2. The number of benzene rings is 1. The van der Waals surface area contributed by atoms with E-state index in [9.17, 15) is 10.1 Å². The van der Waals surface area contributed by atoms with Crippen molar-refractivity contribution in [3.05, 3.63) is 50.8 Å². The van der Waals surface area contributed by atoms with E-state index in [1.165, 1.54) is 11.6 Å². The van der Waals surface area contributed by atoms with Gasteiger partial charge in [0.1, 0.15) is 0 Å². The van der Waals surface area contributed by atoms with Gasteiger partial charge in [0.25, 0.3) is 5.69 Å². The Bertz CT molecular complexity index is 677. The molecule has 1 heterocycles. The number of nitrogens with one attached hydrogen (secondary N) is 1. The molecular formula is C15H20N4O2. The summed E-state index contributed by atoms with van der Waals surface area (Å²) in [4.78, 5) is 10.5. The van der Waals surface area contributed by atoms with Crippen LogP contribution in [-0.2, 0) is 6.54 Å². The molecule has 0 aliphatic carbocycles. The smallest absolute Gasteiger partial charge is 0.272 e. The van der Waals surface area contributed by atoms with Crippen LogP contribution in [0, 0.1) is 30.9 Å². The molecule has 0 fully saturated rings. The van der Waals surface area contributed by atoms with E-state index in [0.29, 0.717) is 5.56 Å². The number of aromatic nitrogens is 2. The standard InChI is InChI=1S/C15H20N4O2/c1-5-16-9-14-11(3)17-18(12(14)4)13-6-7-15(19(20)21)10(2)8-13/h6-8,16H,5,9H2,1-4H3. The maximum absolute atomic E-state index is 10.9. The fraction of sp³-hybridized carbons (Fsp3) is 0.400. The third-order valence-electron chi connectivity index (χ3n) is 3.61. The number of nitro benzene ring substituents is 1. The van der Waals surface area contributed by atoms with Gasteiger partial charge in [-0.15, -0.1) is 0 Å². The van der Waals surface area contributed by atoms with Gasteiger partial charge in [-0.05, 0) is 39.4 Å². The van der Waals surface area contributed by atoms with Crippen LogP contribution < -0.4 is 5.32 Å². The SMILES string of the molecule is CCNCc1c(C)nn(-c2ccc([N+](=O)[O-])c(C)c2)c1C. The third kappa shape index (κ3) is 2.95. The minimum absolute atomic E-state index is 0.133. The van der Waals surface area contributed by atoms with Crippen LogP contribution in [0.2, 0.25) is 0 Å². The number of nitro groups is 1. The maximum atomic E-state index is 10.9. The zero-order valence-corrected chi connectivity index (χ0v) is 12.8. The van der Waals surface area contributed by atoms with E-state index in [2.05, 4.69) is 17.3 Å². The fourth-order valence-electron chi connectivity index (χ4n) is 2.41. The van der Waals surface area contributed by atoms with E-state index in [1.807, 2.05) is 18.5 Å². The summed E-state index contributed by atoms with van der Waals surface area (Å²) in [6, 6.07) is 5.07. The van der Waals surface area contributed by atoms with Crippen LogP contribution in [-0.4, -0.2) is 21.2 Å². The van der Waals surface area contributed by atoms with Crippen LogP contribution in [0.3, 0.4) is 0 Å². The van der Waals surface area contributed by atoms with E-state index in [4.69, 9.17) is 0 Å². The van der Waals surface area contributed by atoms with Gasteiger partial charge in [0.15, 0.2) is 0 Å². The molecule has 0 aliphatic heterocycles. The van der Waals surface area contributed by atoms with Gasteiger partial charge in [-0.2, -0.15) is 5.10 Å². The Morgan fingerprint density at radius 1 is 1.33 bits per heavy atom. The maximum Gasteiger partial charge on any atom is 0.272 e. The molecule has 0 radical (unpaired) electrons. The topological polar surface area (TPSA) is 73.0 Å². The molecule has 0 amide bonds. The molecule has 0 atom stereocenters. The van der Waals surface area contributed by atoms with Crippen LogP contribution in [0.15, 0.2) is 18.2 Å². The van der Waals surface area contributed by atoms with Crippen molar-refractivity contribution in [1.82, 2.24) is 15.1 Å². The Balaban J connectivity index is 2.43. The van der Waals surface area contributed by atoms with Gasteiger partial charge in [-0.1, -0.05) is 6.92 Å². The molecule has 1 aromatic heterocycles. The first-order chi connectivity index (χ1) is 9.95. The van der Waals surface area contributed by atoms with Gasteiger partial charge in [0.05, 0.1) is 16.3 Å². The molecular weight excluding hydrogens is 268 g/mol. The summed E-state index contributed by atoms with van der Waals surface area (Å²) >= 11 is 0. The molecule has 0 saturated carbocycles. The Hall–Kier alpha value is -2.21. The van der Waals surface area contributed by atoms with Crippen molar-refractivity contribution in [3.8, 4) is 5.69 Å². The molecule has 0 saturated heterocycles. The molecule has 0 bridgehead atoms. The largest absolute Gasteiger partial charge is 0.313 e. The van der Waals surface area contributed by atoms with Crippen molar-refractivity contribution in [2.45, 2.75) is 34.2 Å². The molecule has 2 rings (SSSR count). The molecule has 0 aliphatic rings. The predicted octanol–water partition coefficient (Wildman–Crippen LogP) is 2.82. The van der Waals surface area contributed by atoms with Gasteiger partial charge >= 0.3 is 0 Å². The van der Waals surface area contributed by atoms with Crippen molar-refractivity contribution >= 4 is 5.69 Å². The minimum Gasteiger partial charge on any atom is -0.313 e. The molecule has 2 aromatic rings. The van der Waals surface area contributed by atoms with Gasteiger partial charge in [0, 0.05) is 29.4 Å². The monoisotopic (exact) mass is 288 g/mol. The summed E-state index contributed by atoms with van der Waals surface area (Å²) in [5.74, 6) is 0. The lowest BCUT2D eigenvalue weighted by Gasteiger charge is -2.07. The molecule has 21 heavy (non-hydrogen) atoms. The van der Waals surface area contributed by atoms with E-state index >= 15 is 0 Å². The number of hydrogen-bond acceptors (Lipinski definition) is 4. The first kappa shape index (κ1) is 15.2. The molecule has 6 nitrogen and oxygen atoms in total. The van der Waals surface area contributed by atoms with Crippen LogP contribution in [0.25, 0.3) is 5.69 Å². The van der Waals surface area contributed by atoms with Gasteiger partial charge in [-0.25, -0.2) is 4.68 Å². The second kappa shape index (κ2) is 6.05. The van der Waals surface area contributed by atoms with Crippen molar-refractivity contribution in [2.24, 2.45) is 0 Å². The zero-order chi connectivity index (χ0) is 15.6. The van der Waals surface area contributed by atoms with Crippen LogP contribution in [0.4, 0.5) is 5.69 Å². The fourth-order valence-corrected chi connectivity index (χ4v) is 2.41. The highest BCUT2D eigenvalue weighted by Crippen LogP contribution is 2.23. The summed E-state index contributed by atoms with van der Waals surface area (Å²) < 4.78 is 1.85. The second-order valence-corrected chi connectivity index (χ2v) is 5.07. The highest BCUT2D eigenvalue weighted by molar-refractivity contribution is 5.48. The number of rotatable bonds is 5. The molecule has 0 spiro atoms. The lowest BCUT2D eigenvalue weighted by molar-refractivity contribution is -0.385. The summed E-state index contributed by atoms with van der Waals surface area (Å²) in [6.45, 7) is 9.49. The number of nitrogens with zero attached hydrogens (tertiary/aromatic N) is 3. The van der Waals surface area contributed by atoms with E-state index in [-0.39, 0.29) is 10.6 Å². The van der Waals surface area contributed by atoms with Crippen molar-refractivity contribution in [3.63, 3.8) is 0 Å². The van der Waals surface area contributed by atoms with Crippen molar-refractivity contribution in [2.75, 3.05) is 6.54 Å². The molecule has 0 unspecified atom stereocenters. The molecule has 1 N–H and O–H groups in total. The lowest BCUT2D eigenvalue weighted by atomic mass is 10.1. The van der Waals surface area contributed by atoms with E-state index in [1.54, 1.807) is 19.1 Å². The summed E-state index contributed by atoms with van der Waals surface area (Å²) in [5.41, 5.74) is 4.83. The summed E-state index contributed by atoms with van der Waals surface area (Å²) in [5, 5.41) is 18.7. The Labute approximate surface area is 123 Å². The summed E-state index contributed by atoms with van der Waals surface area (Å²) in [6.07, 6.45) is 0. The highest BCUT2D eigenvalue weighted by atomic mass is 16.6. The van der Waals surface area contributed by atoms with Gasteiger partial charge in [-0.3, -0.25) is 10.1 Å². The lowest BCUT2D eigenvalue weighted by Crippen LogP contribution is -2.13. The van der Waals surface area contributed by atoms with E-state index < -0.39 is 0 Å². The Morgan fingerprint density at radius 3 is 2.62 bits per heavy atom. The molecule has 1 aromatic carbocycles. The average molecular weight is 288 g/mol. The predicted molar refractivity (Wildman–Crippen MR) is 81.8 cm³/mol. The van der Waals surface area contributed by atoms with Gasteiger partial charge in [0.2, 0.25) is 0 Å². The van der Waals surface area contributed by atoms with Crippen molar-refractivity contribution < 1.29 is 4.92 Å². The van der Waals surface area contributed by atoms with Crippen LogP contribution >= 0.6 is 0 Å². The summed E-state index contributed by atoms with van der Waals surface area (Å²) in [7, 11) is 0. The highest BCUT2D eigenvalue weighted by Gasteiger charge is 2.15. The van der Waals surface area contributed by atoms with E-state index in [0.717, 1.165) is 30.2 Å². The minimum atomic E-state index is -0.364. The second-order valence-electron chi connectivity index (χ2n) is 5.07. The molecule has 112 valence electrons. The first-order valence-corrected chi connectivity index (χ1v) is 6.97. The van der Waals surface area contributed by atoms with Gasteiger partial charge < -0.3 is 5.32 Å². The Morgan fingerprint density at radius 2 is 2.05 bits per heavy atom. The first-order valence-electron chi connectivity index (χ1n) is 6.97. The normalized spacial score (nSPS) is 10.9. The zero-order valence-electron chi connectivity index (χ0n) is 12.8. The van der Waals surface area contributed by atoms with Crippen LogP contribution in [0.5, 0.6) is 0 Å². The third-order valence-corrected chi connectivity index (χ3v) is 3.61.